The summed E-state index contributed by atoms with van der Waals surface area (Å²) in [5.74, 6) is 1.35. The highest BCUT2D eigenvalue weighted by Gasteiger charge is 2.51. The highest BCUT2D eigenvalue weighted by molar-refractivity contribution is 5.04. The molecule has 1 aliphatic carbocycles. The molecule has 0 radical (unpaired) electrons. The van der Waals surface area contributed by atoms with Gasteiger partial charge in [0.15, 0.2) is 0 Å². The Labute approximate surface area is 121 Å². The lowest BCUT2D eigenvalue weighted by Crippen LogP contribution is -2.62. The summed E-state index contributed by atoms with van der Waals surface area (Å²) >= 11 is 0. The normalized spacial score (nSPS) is 24.9. The summed E-state index contributed by atoms with van der Waals surface area (Å²) < 4.78 is 11.4. The van der Waals surface area contributed by atoms with E-state index in [4.69, 9.17) is 9.15 Å². The van der Waals surface area contributed by atoms with Crippen molar-refractivity contribution >= 4 is 0 Å². The second-order valence-corrected chi connectivity index (χ2v) is 6.20. The van der Waals surface area contributed by atoms with Crippen molar-refractivity contribution in [3.8, 4) is 0 Å². The fourth-order valence-corrected chi connectivity index (χ4v) is 3.18. The molecule has 1 aromatic heterocycles. The number of hydrogen-bond donors (Lipinski definition) is 0. The molecule has 1 saturated carbocycles. The molecule has 1 aromatic rings. The first-order chi connectivity index (χ1) is 9.48. The quantitative estimate of drug-likeness (QED) is 0.769. The SMILES string of the molecule is CCCN(Cc1nnc(C)o1)[C@H]1C[C@H](OCC)C1(C)C. The van der Waals surface area contributed by atoms with Crippen LogP contribution in [0.4, 0.5) is 0 Å². The van der Waals surface area contributed by atoms with Crippen molar-refractivity contribution < 1.29 is 9.15 Å². The van der Waals surface area contributed by atoms with E-state index in [2.05, 4.69) is 42.8 Å². The average molecular weight is 281 g/mol. The summed E-state index contributed by atoms with van der Waals surface area (Å²) in [6.45, 7) is 13.3. The second-order valence-electron chi connectivity index (χ2n) is 6.20. The summed E-state index contributed by atoms with van der Waals surface area (Å²) in [4.78, 5) is 2.46. The van der Waals surface area contributed by atoms with Crippen LogP contribution in [0.1, 0.15) is 52.3 Å². The summed E-state index contributed by atoms with van der Waals surface area (Å²) in [5, 5.41) is 8.04. The summed E-state index contributed by atoms with van der Waals surface area (Å²) in [5.41, 5.74) is 0.181. The van der Waals surface area contributed by atoms with Gasteiger partial charge in [-0.2, -0.15) is 0 Å². The fraction of sp³-hybridized carbons (Fsp3) is 0.867. The molecular formula is C15H27N3O2. The van der Waals surface area contributed by atoms with E-state index in [1.807, 2.05) is 6.92 Å². The van der Waals surface area contributed by atoms with Crippen LogP contribution in [-0.2, 0) is 11.3 Å². The summed E-state index contributed by atoms with van der Waals surface area (Å²) in [6.07, 6.45) is 2.58. The number of nitrogens with zero attached hydrogens (tertiary/aromatic N) is 3. The summed E-state index contributed by atoms with van der Waals surface area (Å²) in [7, 11) is 0. The molecule has 0 saturated heterocycles. The van der Waals surface area contributed by atoms with Crippen LogP contribution >= 0.6 is 0 Å². The number of aryl methyl sites for hydroxylation is 1. The van der Waals surface area contributed by atoms with Gasteiger partial charge in [-0.05, 0) is 26.3 Å². The van der Waals surface area contributed by atoms with Crippen LogP contribution in [0.15, 0.2) is 4.42 Å². The number of hydrogen-bond acceptors (Lipinski definition) is 5. The van der Waals surface area contributed by atoms with E-state index >= 15 is 0 Å². The Bertz CT molecular complexity index is 431. The van der Waals surface area contributed by atoms with Gasteiger partial charge in [-0.25, -0.2) is 0 Å². The van der Waals surface area contributed by atoms with Crippen LogP contribution in [0.5, 0.6) is 0 Å². The Morgan fingerprint density at radius 3 is 2.60 bits per heavy atom. The molecule has 0 aliphatic heterocycles. The van der Waals surface area contributed by atoms with Crippen molar-refractivity contribution in [3.63, 3.8) is 0 Å². The zero-order valence-corrected chi connectivity index (χ0v) is 13.3. The van der Waals surface area contributed by atoms with Gasteiger partial charge >= 0.3 is 0 Å². The van der Waals surface area contributed by atoms with Gasteiger partial charge in [0, 0.05) is 25.0 Å². The van der Waals surface area contributed by atoms with E-state index < -0.39 is 0 Å². The maximum atomic E-state index is 5.83. The highest BCUT2D eigenvalue weighted by atomic mass is 16.5. The Hall–Kier alpha value is -0.940. The first-order valence-corrected chi connectivity index (χ1v) is 7.63. The Morgan fingerprint density at radius 2 is 2.10 bits per heavy atom. The second kappa shape index (κ2) is 6.22. The third kappa shape index (κ3) is 3.04. The predicted octanol–water partition coefficient (Wildman–Crippen LogP) is 2.79. The number of rotatable bonds is 7. The molecule has 1 aliphatic rings. The van der Waals surface area contributed by atoms with E-state index in [0.717, 1.165) is 32.5 Å². The van der Waals surface area contributed by atoms with Crippen molar-refractivity contribution in [3.05, 3.63) is 11.8 Å². The molecular weight excluding hydrogens is 254 g/mol. The van der Waals surface area contributed by atoms with Gasteiger partial charge in [0.05, 0.1) is 12.6 Å². The monoisotopic (exact) mass is 281 g/mol. The van der Waals surface area contributed by atoms with Gasteiger partial charge in [-0.1, -0.05) is 20.8 Å². The van der Waals surface area contributed by atoms with E-state index in [1.54, 1.807) is 0 Å². The molecule has 0 amide bonds. The van der Waals surface area contributed by atoms with Crippen LogP contribution in [0, 0.1) is 12.3 Å². The zero-order chi connectivity index (χ0) is 14.8. The standard InChI is InChI=1S/C15H27N3O2/c1-6-8-18(10-14-17-16-11(3)20-14)12-9-13(19-7-2)15(12,4)5/h12-13H,6-10H2,1-5H3/t12-,13-/m0/s1. The van der Waals surface area contributed by atoms with Gasteiger partial charge < -0.3 is 9.15 Å². The Balaban J connectivity index is 2.02. The predicted molar refractivity (Wildman–Crippen MR) is 77.3 cm³/mol. The Kier molecular flexibility index (Phi) is 4.81. The van der Waals surface area contributed by atoms with Crippen LogP contribution < -0.4 is 0 Å². The first-order valence-electron chi connectivity index (χ1n) is 7.63. The molecule has 0 bridgehead atoms. The molecule has 2 atom stereocenters. The number of aromatic nitrogens is 2. The fourth-order valence-electron chi connectivity index (χ4n) is 3.18. The lowest BCUT2D eigenvalue weighted by molar-refractivity contribution is -0.152. The smallest absolute Gasteiger partial charge is 0.230 e. The molecule has 2 rings (SSSR count). The number of ether oxygens (including phenoxy) is 1. The minimum Gasteiger partial charge on any atom is -0.424 e. The largest absolute Gasteiger partial charge is 0.424 e. The van der Waals surface area contributed by atoms with E-state index in [-0.39, 0.29) is 5.41 Å². The van der Waals surface area contributed by atoms with E-state index in [1.165, 1.54) is 0 Å². The molecule has 5 nitrogen and oxygen atoms in total. The van der Waals surface area contributed by atoms with Gasteiger partial charge in [0.25, 0.3) is 0 Å². The third-order valence-corrected chi connectivity index (χ3v) is 4.35. The van der Waals surface area contributed by atoms with Crippen molar-refractivity contribution in [1.29, 1.82) is 0 Å². The van der Waals surface area contributed by atoms with Crippen molar-refractivity contribution in [2.75, 3.05) is 13.2 Å². The third-order valence-electron chi connectivity index (χ3n) is 4.35. The zero-order valence-electron chi connectivity index (χ0n) is 13.3. The summed E-state index contributed by atoms with van der Waals surface area (Å²) in [6, 6.07) is 0.520. The first kappa shape index (κ1) is 15.4. The van der Waals surface area contributed by atoms with Crippen molar-refractivity contribution in [2.24, 2.45) is 5.41 Å². The van der Waals surface area contributed by atoms with Crippen LogP contribution in [0.25, 0.3) is 0 Å². The van der Waals surface area contributed by atoms with Crippen LogP contribution in [0.3, 0.4) is 0 Å². The van der Waals surface area contributed by atoms with E-state index in [0.29, 0.717) is 23.9 Å². The van der Waals surface area contributed by atoms with Crippen LogP contribution in [-0.4, -0.2) is 40.4 Å². The molecule has 5 heteroatoms. The molecule has 0 unspecified atom stereocenters. The van der Waals surface area contributed by atoms with Crippen molar-refractivity contribution in [1.82, 2.24) is 15.1 Å². The molecule has 0 spiro atoms. The highest BCUT2D eigenvalue weighted by Crippen LogP contribution is 2.46. The average Bonchev–Trinajstić information content (AvgIpc) is 2.79. The van der Waals surface area contributed by atoms with Gasteiger partial charge in [-0.15, -0.1) is 10.2 Å². The molecule has 114 valence electrons. The maximum absolute atomic E-state index is 5.83. The topological polar surface area (TPSA) is 51.4 Å². The van der Waals surface area contributed by atoms with Crippen LogP contribution in [0.2, 0.25) is 0 Å². The Morgan fingerprint density at radius 1 is 1.35 bits per heavy atom. The molecule has 0 aromatic carbocycles. The minimum absolute atomic E-state index is 0.181. The molecule has 0 N–H and O–H groups in total. The van der Waals surface area contributed by atoms with E-state index in [9.17, 15) is 0 Å². The molecule has 1 fully saturated rings. The van der Waals surface area contributed by atoms with Gasteiger partial charge in [-0.3, -0.25) is 4.90 Å². The van der Waals surface area contributed by atoms with Gasteiger partial charge in [0.2, 0.25) is 11.8 Å². The minimum atomic E-state index is 0.181. The lowest BCUT2D eigenvalue weighted by atomic mass is 9.63. The van der Waals surface area contributed by atoms with Crippen molar-refractivity contribution in [2.45, 2.75) is 66.2 Å². The lowest BCUT2D eigenvalue weighted by Gasteiger charge is -2.55. The maximum Gasteiger partial charge on any atom is 0.230 e. The van der Waals surface area contributed by atoms with Gasteiger partial charge in [0.1, 0.15) is 0 Å². The molecule has 1 heterocycles. The molecule has 20 heavy (non-hydrogen) atoms.